The van der Waals surface area contributed by atoms with Crippen molar-refractivity contribution in [1.29, 1.82) is 0 Å². The van der Waals surface area contributed by atoms with Crippen molar-refractivity contribution in [2.24, 2.45) is 0 Å². The maximum absolute atomic E-state index is 13.1. The first-order valence-corrected chi connectivity index (χ1v) is 10.7. The Labute approximate surface area is 203 Å². The van der Waals surface area contributed by atoms with Gasteiger partial charge in [0.15, 0.2) is 11.4 Å². The third-order valence-corrected chi connectivity index (χ3v) is 5.01. The van der Waals surface area contributed by atoms with Crippen molar-refractivity contribution in [1.82, 2.24) is 29.3 Å². The Morgan fingerprint density at radius 1 is 1.29 bits per heavy atom. The molecule has 0 radical (unpaired) electrons. The van der Waals surface area contributed by atoms with E-state index in [4.69, 9.17) is 11.6 Å². The average molecular weight is 504 g/mol. The van der Waals surface area contributed by atoms with Gasteiger partial charge in [-0.3, -0.25) is 14.3 Å². The number of likely N-dealkylation sites (N-methyl/N-ethyl adjacent to an activating group) is 1. The van der Waals surface area contributed by atoms with Crippen LogP contribution in [0, 0.1) is 0 Å². The Kier molecular flexibility index (Phi) is 7.03. The molecular weight excluding hydrogens is 484 g/mol. The Balaban J connectivity index is 1.75. The molecule has 1 N–H and O–H groups in total. The lowest BCUT2D eigenvalue weighted by atomic mass is 10.1. The van der Waals surface area contributed by atoms with Crippen LogP contribution in [-0.4, -0.2) is 68.2 Å². The van der Waals surface area contributed by atoms with Gasteiger partial charge in [0.25, 0.3) is 5.91 Å². The van der Waals surface area contributed by atoms with Crippen LogP contribution in [-0.2, 0) is 11.3 Å². The molecule has 4 aromatic rings. The Morgan fingerprint density at radius 2 is 2.09 bits per heavy atom. The number of nitrogens with one attached hydrogen (secondary N) is 1. The number of carbonyl (C=O) groups is 2. The lowest BCUT2D eigenvalue weighted by molar-refractivity contribution is -0.120. The molecule has 0 atom stereocenters. The normalized spacial score (nSPS) is 11.4. The SMILES string of the molecule is CN(C)CC(=O)Cn1cc(NC(=O)c2cnn3cccnc23)c(-c2cc(Cl)ccc2OC(F)F)n1. The van der Waals surface area contributed by atoms with Crippen molar-refractivity contribution in [3.8, 4) is 17.0 Å². The Morgan fingerprint density at radius 3 is 2.83 bits per heavy atom. The zero-order chi connectivity index (χ0) is 25.1. The van der Waals surface area contributed by atoms with Crippen LogP contribution >= 0.6 is 11.6 Å². The molecule has 0 saturated heterocycles. The highest BCUT2D eigenvalue weighted by atomic mass is 35.5. The summed E-state index contributed by atoms with van der Waals surface area (Å²) in [7, 11) is 3.50. The second-order valence-corrected chi connectivity index (χ2v) is 8.22. The number of ketones is 1. The molecule has 1 aromatic carbocycles. The van der Waals surface area contributed by atoms with E-state index in [0.29, 0.717) is 5.65 Å². The zero-order valence-corrected chi connectivity index (χ0v) is 19.4. The smallest absolute Gasteiger partial charge is 0.387 e. The first kappa shape index (κ1) is 24.2. The van der Waals surface area contributed by atoms with Crippen LogP contribution in [0.1, 0.15) is 10.4 Å². The van der Waals surface area contributed by atoms with Crippen molar-refractivity contribution in [3.05, 3.63) is 59.6 Å². The minimum Gasteiger partial charge on any atom is -0.434 e. The van der Waals surface area contributed by atoms with E-state index in [9.17, 15) is 18.4 Å². The standard InChI is InChI=1S/C22H20ClF2N7O3/c1-30(2)10-14(33)11-31-12-17(28-21(34)16-9-27-32-7-3-6-26-20(16)32)19(29-31)15-8-13(23)4-5-18(15)35-22(24)25/h3-9,12,22H,10-11H2,1-2H3,(H,28,34). The molecule has 1 amide bonds. The van der Waals surface area contributed by atoms with E-state index in [2.05, 4.69) is 25.2 Å². The second-order valence-electron chi connectivity index (χ2n) is 7.78. The molecule has 4 rings (SSSR count). The summed E-state index contributed by atoms with van der Waals surface area (Å²) in [6.07, 6.45) is 5.95. The predicted molar refractivity (Wildman–Crippen MR) is 124 cm³/mol. The van der Waals surface area contributed by atoms with Gasteiger partial charge in [0, 0.05) is 29.2 Å². The number of hydrogen-bond acceptors (Lipinski definition) is 7. The molecule has 3 aromatic heterocycles. The van der Waals surface area contributed by atoms with Gasteiger partial charge in [-0.1, -0.05) is 11.6 Å². The van der Waals surface area contributed by atoms with Gasteiger partial charge in [0.05, 0.1) is 18.4 Å². The van der Waals surface area contributed by atoms with Gasteiger partial charge in [0.1, 0.15) is 23.6 Å². The van der Waals surface area contributed by atoms with Crippen molar-refractivity contribution in [2.75, 3.05) is 26.0 Å². The number of amides is 1. The van der Waals surface area contributed by atoms with Gasteiger partial charge in [-0.15, -0.1) is 0 Å². The highest BCUT2D eigenvalue weighted by Crippen LogP contribution is 2.37. The number of rotatable bonds is 9. The van der Waals surface area contributed by atoms with E-state index in [1.807, 2.05) is 0 Å². The molecule has 0 spiro atoms. The number of carbonyl (C=O) groups excluding carboxylic acids is 2. The van der Waals surface area contributed by atoms with Crippen LogP contribution in [0.3, 0.4) is 0 Å². The first-order chi connectivity index (χ1) is 16.7. The number of hydrogen-bond donors (Lipinski definition) is 1. The minimum absolute atomic E-state index is 0.0959. The highest BCUT2D eigenvalue weighted by Gasteiger charge is 2.22. The van der Waals surface area contributed by atoms with Crippen LogP contribution < -0.4 is 10.1 Å². The molecule has 0 bridgehead atoms. The first-order valence-electron chi connectivity index (χ1n) is 10.3. The van der Waals surface area contributed by atoms with Crippen LogP contribution in [0.25, 0.3) is 16.9 Å². The van der Waals surface area contributed by atoms with Crippen molar-refractivity contribution in [3.63, 3.8) is 0 Å². The summed E-state index contributed by atoms with van der Waals surface area (Å²) in [5.74, 6) is -0.899. The van der Waals surface area contributed by atoms with Gasteiger partial charge in [0.2, 0.25) is 0 Å². The van der Waals surface area contributed by atoms with E-state index >= 15 is 0 Å². The van der Waals surface area contributed by atoms with Crippen LogP contribution in [0.2, 0.25) is 5.02 Å². The number of aromatic nitrogens is 5. The molecule has 10 nitrogen and oxygen atoms in total. The molecule has 35 heavy (non-hydrogen) atoms. The molecule has 0 saturated carbocycles. The molecule has 0 fully saturated rings. The number of ether oxygens (including phenoxy) is 1. The number of benzene rings is 1. The third kappa shape index (κ3) is 5.61. The van der Waals surface area contributed by atoms with Crippen LogP contribution in [0.4, 0.5) is 14.5 Å². The van der Waals surface area contributed by atoms with Crippen LogP contribution in [0.5, 0.6) is 5.75 Å². The van der Waals surface area contributed by atoms with Gasteiger partial charge in [-0.2, -0.15) is 19.0 Å². The van der Waals surface area contributed by atoms with Crippen LogP contribution in [0.15, 0.2) is 49.1 Å². The number of Topliss-reactive ketones (excluding diaryl/α,β-unsaturated/α-hetero) is 1. The molecule has 13 heteroatoms. The maximum atomic E-state index is 13.1. The fraction of sp³-hybridized carbons (Fsp3) is 0.227. The third-order valence-electron chi connectivity index (χ3n) is 4.78. The van der Waals surface area contributed by atoms with Crippen molar-refractivity contribution in [2.45, 2.75) is 13.2 Å². The number of nitrogens with zero attached hydrogens (tertiary/aromatic N) is 6. The fourth-order valence-electron chi connectivity index (χ4n) is 3.44. The van der Waals surface area contributed by atoms with Gasteiger partial charge in [-0.05, 0) is 38.4 Å². The van der Waals surface area contributed by atoms with E-state index in [0.717, 1.165) is 0 Å². The Bertz CT molecular complexity index is 1390. The van der Waals surface area contributed by atoms with Crippen molar-refractivity contribution < 1.29 is 23.1 Å². The summed E-state index contributed by atoms with van der Waals surface area (Å²) in [5, 5.41) is 11.4. The summed E-state index contributed by atoms with van der Waals surface area (Å²) in [5.41, 5.74) is 0.875. The van der Waals surface area contributed by atoms with Gasteiger partial charge >= 0.3 is 6.61 Å². The summed E-state index contributed by atoms with van der Waals surface area (Å²) < 4.78 is 33.5. The number of fused-ring (bicyclic) bond motifs is 1. The number of alkyl halides is 2. The highest BCUT2D eigenvalue weighted by molar-refractivity contribution is 6.31. The lowest BCUT2D eigenvalue weighted by Gasteiger charge is -2.11. The predicted octanol–water partition coefficient (Wildman–Crippen LogP) is 3.23. The quantitative estimate of drug-likeness (QED) is 0.373. The summed E-state index contributed by atoms with van der Waals surface area (Å²) in [6.45, 7) is -3.03. The second kappa shape index (κ2) is 10.2. The molecule has 182 valence electrons. The van der Waals surface area contributed by atoms with Gasteiger partial charge in [-0.25, -0.2) is 9.50 Å². The molecule has 0 aliphatic heterocycles. The van der Waals surface area contributed by atoms with E-state index in [1.54, 1.807) is 31.3 Å². The molecule has 3 heterocycles. The lowest BCUT2D eigenvalue weighted by Crippen LogP contribution is -2.25. The average Bonchev–Trinajstić information content (AvgIpc) is 3.38. The maximum Gasteiger partial charge on any atom is 0.387 e. The molecule has 0 aliphatic rings. The number of halogens is 3. The fourth-order valence-corrected chi connectivity index (χ4v) is 3.61. The van der Waals surface area contributed by atoms with Crippen molar-refractivity contribution >= 4 is 34.6 Å². The summed E-state index contributed by atoms with van der Waals surface area (Å²) in [6, 6.07) is 5.72. The van der Waals surface area contributed by atoms with E-state index in [1.165, 1.54) is 46.0 Å². The largest absolute Gasteiger partial charge is 0.434 e. The minimum atomic E-state index is -3.10. The summed E-state index contributed by atoms with van der Waals surface area (Å²) in [4.78, 5) is 31.3. The molecule has 0 unspecified atom stereocenters. The Hall–Kier alpha value is -3.90. The number of anilines is 1. The zero-order valence-electron chi connectivity index (χ0n) is 18.7. The van der Waals surface area contributed by atoms with E-state index in [-0.39, 0.29) is 52.2 Å². The molecular formula is C22H20ClF2N7O3. The van der Waals surface area contributed by atoms with Gasteiger partial charge < -0.3 is 15.0 Å². The monoisotopic (exact) mass is 503 g/mol. The molecule has 0 aliphatic carbocycles. The summed E-state index contributed by atoms with van der Waals surface area (Å²) >= 11 is 6.11. The van der Waals surface area contributed by atoms with E-state index < -0.39 is 12.5 Å². The topological polar surface area (TPSA) is 107 Å².